The number of likely N-dealkylation sites (N-methyl/N-ethyl adjacent to an activating group) is 1. The van der Waals surface area contributed by atoms with E-state index < -0.39 is 10.0 Å². The van der Waals surface area contributed by atoms with Gasteiger partial charge in [-0.15, -0.1) is 16.8 Å². The molecule has 9 heteroatoms. The molecule has 1 N–H and O–H groups in total. The zero-order valence-corrected chi connectivity index (χ0v) is 16.6. The molecule has 1 fully saturated rings. The average Bonchev–Trinajstić information content (AvgIpc) is 2.87. The van der Waals surface area contributed by atoms with E-state index in [1.807, 2.05) is 11.9 Å². The maximum Gasteiger partial charge on any atom is 0.285 e. The highest BCUT2D eigenvalue weighted by molar-refractivity contribution is 7.90. The van der Waals surface area contributed by atoms with Crippen LogP contribution < -0.4 is 5.32 Å². The van der Waals surface area contributed by atoms with E-state index in [0.717, 1.165) is 32.5 Å². The maximum absolute atomic E-state index is 12.6. The Bertz CT molecular complexity index is 795. The monoisotopic (exact) mass is 400 g/mol. The molecule has 2 heterocycles. The summed E-state index contributed by atoms with van der Waals surface area (Å²) in [6, 6.07) is 6.72. The summed E-state index contributed by atoms with van der Waals surface area (Å²) in [5.41, 5.74) is 0.560. The maximum atomic E-state index is 12.6. The van der Waals surface area contributed by atoms with E-state index in [2.05, 4.69) is 9.71 Å². The van der Waals surface area contributed by atoms with Crippen LogP contribution in [0.1, 0.15) is 18.4 Å². The molecule has 3 rings (SSSR count). The van der Waals surface area contributed by atoms with Gasteiger partial charge in [-0.3, -0.25) is 4.79 Å². The van der Waals surface area contributed by atoms with Crippen LogP contribution in [0.25, 0.3) is 0 Å². The number of carbonyl (C=O) groups is 1. The third kappa shape index (κ3) is 4.19. The molecule has 26 heavy (non-hydrogen) atoms. The number of benzene rings is 1. The predicted octanol–water partition coefficient (Wildman–Crippen LogP) is 0.947. The van der Waals surface area contributed by atoms with Crippen LogP contribution in [0.2, 0.25) is 0 Å². The molecule has 1 aromatic rings. The number of hydrogen-bond donors (Lipinski definition) is 1. The van der Waals surface area contributed by atoms with Gasteiger partial charge in [-0.2, -0.15) is 8.42 Å². The summed E-state index contributed by atoms with van der Waals surface area (Å²) in [4.78, 5) is 16.4. The Morgan fingerprint density at radius 1 is 1.38 bits per heavy atom. The van der Waals surface area contributed by atoms with Crippen molar-refractivity contribution >= 4 is 34.2 Å². The fourth-order valence-corrected chi connectivity index (χ4v) is 4.74. The third-order valence-electron chi connectivity index (χ3n) is 4.71. The first-order valence-electron chi connectivity index (χ1n) is 8.50. The standard InChI is InChI=1S/C17H24N4O3S.ClH/c1-18-10-13-6-5-9-21(11-13)16(22)12-20(2)17-14-7-3-4-8-15(14)25(23,24)19-17;/h3-4,7-8,13,18H,5-6,9-12H2,1-2H3;1H. The quantitative estimate of drug-likeness (QED) is 0.813. The molecule has 0 spiro atoms. The van der Waals surface area contributed by atoms with Crippen molar-refractivity contribution < 1.29 is 13.2 Å². The highest BCUT2D eigenvalue weighted by Gasteiger charge is 2.32. The SMILES string of the molecule is CNCC1CCCN(C(=O)CN(C)C2=NS(=O)(=O)c3ccccc32)C1.Cl. The minimum Gasteiger partial charge on any atom is -0.349 e. The number of likely N-dealkylation sites (tertiary alicyclic amines) is 1. The molecular weight excluding hydrogens is 376 g/mol. The molecule has 1 atom stereocenters. The van der Waals surface area contributed by atoms with Crippen molar-refractivity contribution in [2.24, 2.45) is 10.3 Å². The Balaban J connectivity index is 0.00000243. The van der Waals surface area contributed by atoms with Gasteiger partial charge in [0.05, 0.1) is 6.54 Å². The summed E-state index contributed by atoms with van der Waals surface area (Å²) in [5, 5.41) is 3.17. The summed E-state index contributed by atoms with van der Waals surface area (Å²) >= 11 is 0. The minimum absolute atomic E-state index is 0. The van der Waals surface area contributed by atoms with E-state index >= 15 is 0 Å². The highest BCUT2D eigenvalue weighted by Crippen LogP contribution is 2.27. The topological polar surface area (TPSA) is 82.1 Å². The van der Waals surface area contributed by atoms with Crippen LogP contribution in [0.5, 0.6) is 0 Å². The Kier molecular flexibility index (Phi) is 6.65. The van der Waals surface area contributed by atoms with Crippen molar-refractivity contribution in [2.75, 3.05) is 40.3 Å². The van der Waals surface area contributed by atoms with Crippen LogP contribution in [0.4, 0.5) is 0 Å². The van der Waals surface area contributed by atoms with E-state index in [1.54, 1.807) is 36.2 Å². The summed E-state index contributed by atoms with van der Waals surface area (Å²) in [7, 11) is -0.0305. The number of nitrogens with one attached hydrogen (secondary N) is 1. The molecule has 1 unspecified atom stereocenters. The van der Waals surface area contributed by atoms with E-state index in [-0.39, 0.29) is 29.8 Å². The zero-order valence-electron chi connectivity index (χ0n) is 15.0. The number of piperidine rings is 1. The van der Waals surface area contributed by atoms with Gasteiger partial charge >= 0.3 is 0 Å². The van der Waals surface area contributed by atoms with Crippen LogP contribution in [-0.4, -0.2) is 70.2 Å². The van der Waals surface area contributed by atoms with Gasteiger partial charge in [-0.25, -0.2) is 0 Å². The Labute approximate surface area is 160 Å². The van der Waals surface area contributed by atoms with Crippen LogP contribution >= 0.6 is 12.4 Å². The largest absolute Gasteiger partial charge is 0.349 e. The van der Waals surface area contributed by atoms with E-state index in [0.29, 0.717) is 17.3 Å². The Morgan fingerprint density at radius 3 is 2.85 bits per heavy atom. The number of carbonyl (C=O) groups excluding carboxylic acids is 1. The Morgan fingerprint density at radius 2 is 2.12 bits per heavy atom. The number of rotatable bonds is 4. The van der Waals surface area contributed by atoms with E-state index in [9.17, 15) is 13.2 Å². The van der Waals surface area contributed by atoms with Crippen molar-refractivity contribution in [1.82, 2.24) is 15.1 Å². The van der Waals surface area contributed by atoms with Crippen LogP contribution in [-0.2, 0) is 14.8 Å². The normalized spacial score (nSPS) is 20.8. The summed E-state index contributed by atoms with van der Waals surface area (Å²) in [6.45, 7) is 2.52. The van der Waals surface area contributed by atoms with Gasteiger partial charge in [0.1, 0.15) is 4.90 Å². The van der Waals surface area contributed by atoms with Gasteiger partial charge in [-0.1, -0.05) is 12.1 Å². The van der Waals surface area contributed by atoms with Crippen molar-refractivity contribution in [1.29, 1.82) is 0 Å². The second kappa shape index (κ2) is 8.37. The van der Waals surface area contributed by atoms with Gasteiger partial charge in [0, 0.05) is 25.7 Å². The average molecular weight is 401 g/mol. The lowest BCUT2D eigenvalue weighted by atomic mass is 9.98. The second-order valence-corrected chi connectivity index (χ2v) is 8.22. The molecule has 0 aromatic heterocycles. The molecule has 2 aliphatic heterocycles. The molecule has 1 amide bonds. The predicted molar refractivity (Wildman–Crippen MR) is 103 cm³/mol. The molecule has 0 aliphatic carbocycles. The number of amidine groups is 1. The fourth-order valence-electron chi connectivity index (χ4n) is 3.49. The van der Waals surface area contributed by atoms with Crippen molar-refractivity contribution in [3.05, 3.63) is 29.8 Å². The van der Waals surface area contributed by atoms with Gasteiger partial charge < -0.3 is 15.1 Å². The molecule has 0 saturated carbocycles. The number of nitrogens with zero attached hydrogens (tertiary/aromatic N) is 3. The van der Waals surface area contributed by atoms with Crippen LogP contribution in [0.3, 0.4) is 0 Å². The first-order chi connectivity index (χ1) is 11.9. The summed E-state index contributed by atoms with van der Waals surface area (Å²) in [5.74, 6) is 0.818. The van der Waals surface area contributed by atoms with Gasteiger partial charge in [0.25, 0.3) is 10.0 Å². The number of sulfonamides is 1. The van der Waals surface area contributed by atoms with Crippen LogP contribution in [0.15, 0.2) is 33.6 Å². The fraction of sp³-hybridized carbons (Fsp3) is 0.529. The first-order valence-corrected chi connectivity index (χ1v) is 9.94. The molecule has 0 radical (unpaired) electrons. The lowest BCUT2D eigenvalue weighted by Crippen LogP contribution is -2.46. The van der Waals surface area contributed by atoms with Crippen LogP contribution in [0, 0.1) is 5.92 Å². The molecule has 144 valence electrons. The zero-order chi connectivity index (χ0) is 18.0. The Hall–Kier alpha value is -1.64. The smallest absolute Gasteiger partial charge is 0.285 e. The lowest BCUT2D eigenvalue weighted by Gasteiger charge is -2.34. The lowest BCUT2D eigenvalue weighted by molar-refractivity contribution is -0.133. The molecule has 0 bridgehead atoms. The minimum atomic E-state index is -3.66. The number of hydrogen-bond acceptors (Lipinski definition) is 5. The molecule has 2 aliphatic rings. The summed E-state index contributed by atoms with van der Waals surface area (Å²) < 4.78 is 28.2. The molecule has 1 aromatic carbocycles. The number of fused-ring (bicyclic) bond motifs is 1. The molecular formula is C17H25ClN4O3S. The summed E-state index contributed by atoms with van der Waals surface area (Å²) in [6.07, 6.45) is 2.12. The number of amides is 1. The molecule has 1 saturated heterocycles. The second-order valence-electron chi connectivity index (χ2n) is 6.65. The molecule has 7 nitrogen and oxygen atoms in total. The first kappa shape index (κ1) is 20.7. The number of halogens is 1. The van der Waals surface area contributed by atoms with Crippen molar-refractivity contribution in [2.45, 2.75) is 17.7 Å². The third-order valence-corrected chi connectivity index (χ3v) is 6.04. The van der Waals surface area contributed by atoms with E-state index in [4.69, 9.17) is 0 Å². The van der Waals surface area contributed by atoms with Gasteiger partial charge in [0.2, 0.25) is 5.91 Å². The van der Waals surface area contributed by atoms with Gasteiger partial charge in [0.15, 0.2) is 5.84 Å². The van der Waals surface area contributed by atoms with Crippen molar-refractivity contribution in [3.63, 3.8) is 0 Å². The van der Waals surface area contributed by atoms with E-state index in [1.165, 1.54) is 0 Å². The van der Waals surface area contributed by atoms with Crippen molar-refractivity contribution in [3.8, 4) is 0 Å². The van der Waals surface area contributed by atoms with Gasteiger partial charge in [-0.05, 0) is 44.5 Å². The highest BCUT2D eigenvalue weighted by atomic mass is 35.5.